The first kappa shape index (κ1) is 19.8. The van der Waals surface area contributed by atoms with Gasteiger partial charge in [0.25, 0.3) is 0 Å². The maximum Gasteiger partial charge on any atom is 0.107 e. The van der Waals surface area contributed by atoms with Crippen molar-refractivity contribution in [1.82, 2.24) is 0 Å². The van der Waals surface area contributed by atoms with Crippen molar-refractivity contribution in [2.45, 2.75) is 59.8 Å². The van der Waals surface area contributed by atoms with Crippen molar-refractivity contribution < 1.29 is 9.47 Å². The fourth-order valence-corrected chi connectivity index (χ4v) is 5.47. The normalized spacial score (nSPS) is 20.2. The molecule has 2 aliphatic carbocycles. The Bertz CT molecular complexity index is 928. The van der Waals surface area contributed by atoms with E-state index >= 15 is 0 Å². The van der Waals surface area contributed by atoms with Gasteiger partial charge in [0, 0.05) is 11.8 Å². The minimum absolute atomic E-state index is 0.268. The first-order chi connectivity index (χ1) is 14.0. The quantitative estimate of drug-likeness (QED) is 0.524. The minimum atomic E-state index is 0.268. The van der Waals surface area contributed by atoms with Crippen molar-refractivity contribution in [2.75, 3.05) is 13.2 Å². The van der Waals surface area contributed by atoms with Crippen LogP contribution in [0, 0.1) is 13.8 Å². The number of allylic oxidation sites excluding steroid dienone is 4. The summed E-state index contributed by atoms with van der Waals surface area (Å²) in [5.74, 6) is 2.83. The summed E-state index contributed by atoms with van der Waals surface area (Å²) >= 11 is 0. The molecule has 0 N–H and O–H groups in total. The Kier molecular flexibility index (Phi) is 5.29. The van der Waals surface area contributed by atoms with Gasteiger partial charge in [-0.2, -0.15) is 0 Å². The predicted molar refractivity (Wildman–Crippen MR) is 121 cm³/mol. The zero-order valence-corrected chi connectivity index (χ0v) is 18.6. The van der Waals surface area contributed by atoms with Crippen LogP contribution in [0.15, 0.2) is 47.9 Å². The highest BCUT2D eigenvalue weighted by Gasteiger charge is 2.39. The molecule has 2 aromatic rings. The predicted octanol–water partition coefficient (Wildman–Crippen LogP) is 7.12. The molecule has 0 aromatic heterocycles. The monoisotopic (exact) mass is 388 g/mol. The van der Waals surface area contributed by atoms with E-state index in [1.165, 1.54) is 44.5 Å². The van der Waals surface area contributed by atoms with Crippen LogP contribution in [0.2, 0.25) is 0 Å². The molecule has 4 rings (SSSR count). The molecule has 2 heteroatoms. The van der Waals surface area contributed by atoms with E-state index in [9.17, 15) is 0 Å². The van der Waals surface area contributed by atoms with Gasteiger partial charge in [-0.05, 0) is 92.5 Å². The Morgan fingerprint density at radius 3 is 1.45 bits per heavy atom. The lowest BCUT2D eigenvalue weighted by Crippen LogP contribution is -2.11. The molecular formula is C27H32O2. The molecule has 0 saturated carbocycles. The standard InChI is InChI=1S/C27H32O2/c1-7-28-26-18(5)24-16(3)11-9-13-20(24)22(26)15-23-21-14-10-12-17(4)25(21)19(6)27(23)29-8-2/h9-14,22-23H,7-8,15H2,1-6H3. The van der Waals surface area contributed by atoms with Gasteiger partial charge < -0.3 is 9.47 Å². The molecule has 2 unspecified atom stereocenters. The van der Waals surface area contributed by atoms with Crippen LogP contribution < -0.4 is 0 Å². The summed E-state index contributed by atoms with van der Waals surface area (Å²) in [7, 11) is 0. The lowest BCUT2D eigenvalue weighted by atomic mass is 9.85. The molecule has 0 heterocycles. The van der Waals surface area contributed by atoms with Crippen LogP contribution in [0.4, 0.5) is 0 Å². The van der Waals surface area contributed by atoms with Gasteiger partial charge in [0.2, 0.25) is 0 Å². The molecule has 29 heavy (non-hydrogen) atoms. The molecule has 0 radical (unpaired) electrons. The minimum Gasteiger partial charge on any atom is -0.497 e. The zero-order chi connectivity index (χ0) is 20.7. The Morgan fingerprint density at radius 1 is 0.655 bits per heavy atom. The second-order valence-corrected chi connectivity index (χ2v) is 8.26. The summed E-state index contributed by atoms with van der Waals surface area (Å²) in [5, 5.41) is 0. The van der Waals surface area contributed by atoms with Crippen LogP contribution in [0.25, 0.3) is 11.1 Å². The van der Waals surface area contributed by atoms with Crippen LogP contribution in [0.5, 0.6) is 0 Å². The van der Waals surface area contributed by atoms with Crippen LogP contribution in [0.3, 0.4) is 0 Å². The number of hydrogen-bond donors (Lipinski definition) is 0. The summed E-state index contributed by atoms with van der Waals surface area (Å²) in [6, 6.07) is 13.3. The highest BCUT2D eigenvalue weighted by Crippen LogP contribution is 2.53. The summed E-state index contributed by atoms with van der Waals surface area (Å²) in [5.41, 5.74) is 10.8. The fraction of sp³-hybridized carbons (Fsp3) is 0.407. The van der Waals surface area contributed by atoms with Crippen molar-refractivity contribution in [2.24, 2.45) is 0 Å². The van der Waals surface area contributed by atoms with Gasteiger partial charge >= 0.3 is 0 Å². The smallest absolute Gasteiger partial charge is 0.107 e. The third-order valence-corrected chi connectivity index (χ3v) is 6.55. The highest BCUT2D eigenvalue weighted by atomic mass is 16.5. The van der Waals surface area contributed by atoms with Gasteiger partial charge in [0.15, 0.2) is 0 Å². The van der Waals surface area contributed by atoms with E-state index in [0.717, 1.165) is 17.9 Å². The summed E-state index contributed by atoms with van der Waals surface area (Å²) < 4.78 is 12.5. The topological polar surface area (TPSA) is 18.5 Å². The van der Waals surface area contributed by atoms with Crippen LogP contribution in [0.1, 0.15) is 79.3 Å². The Labute approximate surface area is 175 Å². The fourth-order valence-electron chi connectivity index (χ4n) is 5.47. The largest absolute Gasteiger partial charge is 0.497 e. The molecule has 0 saturated heterocycles. The Hall–Kier alpha value is -2.48. The van der Waals surface area contributed by atoms with E-state index in [-0.39, 0.29) is 11.8 Å². The van der Waals surface area contributed by atoms with Gasteiger partial charge in [-0.25, -0.2) is 0 Å². The van der Waals surface area contributed by atoms with Crippen molar-refractivity contribution in [3.05, 3.63) is 81.3 Å². The van der Waals surface area contributed by atoms with Crippen molar-refractivity contribution in [3.63, 3.8) is 0 Å². The summed E-state index contributed by atoms with van der Waals surface area (Å²) in [4.78, 5) is 0. The number of aryl methyl sites for hydroxylation is 2. The summed E-state index contributed by atoms with van der Waals surface area (Å²) in [6.07, 6.45) is 0.978. The Morgan fingerprint density at radius 2 is 1.07 bits per heavy atom. The molecule has 152 valence electrons. The van der Waals surface area contributed by atoms with E-state index in [1.54, 1.807) is 0 Å². The summed E-state index contributed by atoms with van der Waals surface area (Å²) in [6.45, 7) is 14.4. The lowest BCUT2D eigenvalue weighted by molar-refractivity contribution is 0.192. The van der Waals surface area contributed by atoms with Gasteiger partial charge in [-0.1, -0.05) is 36.4 Å². The molecule has 0 spiro atoms. The van der Waals surface area contributed by atoms with Gasteiger partial charge in [0.05, 0.1) is 13.2 Å². The highest BCUT2D eigenvalue weighted by molar-refractivity contribution is 5.80. The lowest BCUT2D eigenvalue weighted by Gasteiger charge is -2.24. The number of rotatable bonds is 6. The maximum atomic E-state index is 6.23. The van der Waals surface area contributed by atoms with E-state index in [1.807, 2.05) is 0 Å². The van der Waals surface area contributed by atoms with Crippen molar-refractivity contribution >= 4 is 11.1 Å². The molecule has 2 aliphatic rings. The molecule has 0 fully saturated rings. The zero-order valence-electron chi connectivity index (χ0n) is 18.6. The second kappa shape index (κ2) is 7.74. The molecule has 2 atom stereocenters. The average Bonchev–Trinajstić information content (AvgIpc) is 3.12. The van der Waals surface area contributed by atoms with Crippen LogP contribution >= 0.6 is 0 Å². The number of fused-ring (bicyclic) bond motifs is 2. The first-order valence-corrected chi connectivity index (χ1v) is 10.9. The number of ether oxygens (including phenoxy) is 2. The molecule has 0 aliphatic heterocycles. The average molecular weight is 389 g/mol. The maximum absolute atomic E-state index is 6.23. The van der Waals surface area contributed by atoms with E-state index in [0.29, 0.717) is 13.2 Å². The Balaban J connectivity index is 1.81. The second-order valence-electron chi connectivity index (χ2n) is 8.26. The molecule has 2 aromatic carbocycles. The number of hydrogen-bond acceptors (Lipinski definition) is 2. The molecule has 0 bridgehead atoms. The van der Waals surface area contributed by atoms with E-state index in [2.05, 4.69) is 77.9 Å². The number of benzene rings is 2. The molecular weight excluding hydrogens is 356 g/mol. The van der Waals surface area contributed by atoms with Crippen molar-refractivity contribution in [3.8, 4) is 0 Å². The molecule has 2 nitrogen and oxygen atoms in total. The first-order valence-electron chi connectivity index (χ1n) is 10.9. The SMILES string of the molecule is CCOC1=C(C)c2c(C)cccc2C1CC1C(OCC)=C(C)c2c(C)cccc21. The third-order valence-electron chi connectivity index (χ3n) is 6.55. The van der Waals surface area contributed by atoms with E-state index < -0.39 is 0 Å². The third kappa shape index (κ3) is 3.10. The van der Waals surface area contributed by atoms with E-state index in [4.69, 9.17) is 9.47 Å². The van der Waals surface area contributed by atoms with Gasteiger partial charge in [0.1, 0.15) is 11.5 Å². The van der Waals surface area contributed by atoms with Crippen molar-refractivity contribution in [1.29, 1.82) is 0 Å². The molecule has 0 amide bonds. The van der Waals surface area contributed by atoms with Crippen LogP contribution in [-0.4, -0.2) is 13.2 Å². The van der Waals surface area contributed by atoms with Gasteiger partial charge in [-0.15, -0.1) is 0 Å². The van der Waals surface area contributed by atoms with Gasteiger partial charge in [-0.3, -0.25) is 0 Å². The van der Waals surface area contributed by atoms with Crippen LogP contribution in [-0.2, 0) is 9.47 Å².